The average molecular weight is 220 g/mol. The van der Waals surface area contributed by atoms with Gasteiger partial charge in [0.05, 0.1) is 11.7 Å². The minimum atomic E-state index is 0.330. The van der Waals surface area contributed by atoms with Gasteiger partial charge in [-0.25, -0.2) is 0 Å². The summed E-state index contributed by atoms with van der Waals surface area (Å²) < 4.78 is 0. The van der Waals surface area contributed by atoms with E-state index in [1.165, 1.54) is 0 Å². The Bertz CT molecular complexity index is 327. The van der Waals surface area contributed by atoms with Gasteiger partial charge in [-0.15, -0.1) is 0 Å². The standard InChI is InChI=1S/C12H20N4/c1-9-7-11(13)3-6-16(9)10(2)12-8-14-4-5-15-12/h4-5,8-11H,3,6-7,13H2,1-2H3. The quantitative estimate of drug-likeness (QED) is 0.817. The van der Waals surface area contributed by atoms with E-state index in [0.717, 1.165) is 25.1 Å². The highest BCUT2D eigenvalue weighted by atomic mass is 15.2. The summed E-state index contributed by atoms with van der Waals surface area (Å²) in [6.07, 6.45) is 7.48. The van der Waals surface area contributed by atoms with Crippen molar-refractivity contribution in [2.45, 2.75) is 44.8 Å². The Morgan fingerprint density at radius 2 is 2.31 bits per heavy atom. The molecule has 88 valence electrons. The van der Waals surface area contributed by atoms with Gasteiger partial charge in [-0.05, 0) is 26.7 Å². The van der Waals surface area contributed by atoms with Crippen LogP contribution in [-0.4, -0.2) is 33.5 Å². The Balaban J connectivity index is 2.07. The van der Waals surface area contributed by atoms with Gasteiger partial charge in [0.2, 0.25) is 0 Å². The summed E-state index contributed by atoms with van der Waals surface area (Å²) in [5.41, 5.74) is 7.02. The van der Waals surface area contributed by atoms with Gasteiger partial charge in [0.25, 0.3) is 0 Å². The van der Waals surface area contributed by atoms with Crippen LogP contribution in [0.5, 0.6) is 0 Å². The smallest absolute Gasteiger partial charge is 0.0755 e. The third-order valence-corrected chi connectivity index (χ3v) is 3.48. The van der Waals surface area contributed by atoms with Gasteiger partial charge in [0.1, 0.15) is 0 Å². The summed E-state index contributed by atoms with van der Waals surface area (Å²) in [4.78, 5) is 11.0. The van der Waals surface area contributed by atoms with E-state index in [0.29, 0.717) is 18.1 Å². The largest absolute Gasteiger partial charge is 0.328 e. The van der Waals surface area contributed by atoms with Crippen LogP contribution < -0.4 is 5.73 Å². The predicted molar refractivity (Wildman–Crippen MR) is 63.8 cm³/mol. The molecule has 3 unspecified atom stereocenters. The normalized spacial score (nSPS) is 28.9. The zero-order valence-electron chi connectivity index (χ0n) is 10.0. The number of aromatic nitrogens is 2. The third kappa shape index (κ3) is 2.39. The molecule has 2 rings (SSSR count). The zero-order chi connectivity index (χ0) is 11.5. The van der Waals surface area contributed by atoms with Crippen LogP contribution in [-0.2, 0) is 0 Å². The number of piperidine rings is 1. The van der Waals surface area contributed by atoms with Crippen LogP contribution in [0.15, 0.2) is 18.6 Å². The first-order valence-electron chi connectivity index (χ1n) is 5.95. The van der Waals surface area contributed by atoms with Gasteiger partial charge in [-0.1, -0.05) is 0 Å². The van der Waals surface area contributed by atoms with Gasteiger partial charge in [0.15, 0.2) is 0 Å². The molecule has 1 aromatic heterocycles. The van der Waals surface area contributed by atoms with E-state index in [9.17, 15) is 0 Å². The number of nitrogens with zero attached hydrogens (tertiary/aromatic N) is 3. The first-order chi connectivity index (χ1) is 7.68. The molecule has 2 N–H and O–H groups in total. The molecule has 1 saturated heterocycles. The highest BCUT2D eigenvalue weighted by Gasteiger charge is 2.27. The Hall–Kier alpha value is -1.00. The Labute approximate surface area is 96.9 Å². The number of rotatable bonds is 2. The molecule has 1 aromatic rings. The lowest BCUT2D eigenvalue weighted by Crippen LogP contribution is -2.46. The molecule has 0 aliphatic carbocycles. The lowest BCUT2D eigenvalue weighted by Gasteiger charge is -2.39. The van der Waals surface area contributed by atoms with Gasteiger partial charge in [-0.3, -0.25) is 14.9 Å². The Morgan fingerprint density at radius 1 is 1.50 bits per heavy atom. The van der Waals surface area contributed by atoms with Crippen LogP contribution in [0.25, 0.3) is 0 Å². The van der Waals surface area contributed by atoms with Crippen LogP contribution in [0.4, 0.5) is 0 Å². The minimum absolute atomic E-state index is 0.330. The number of hydrogen-bond donors (Lipinski definition) is 1. The molecule has 4 nitrogen and oxygen atoms in total. The molecule has 2 heterocycles. The lowest BCUT2D eigenvalue weighted by atomic mass is 9.97. The van der Waals surface area contributed by atoms with Crippen LogP contribution in [0.3, 0.4) is 0 Å². The van der Waals surface area contributed by atoms with E-state index >= 15 is 0 Å². The fourth-order valence-electron chi connectivity index (χ4n) is 2.50. The van der Waals surface area contributed by atoms with E-state index in [2.05, 4.69) is 28.7 Å². The van der Waals surface area contributed by atoms with Crippen molar-refractivity contribution in [2.75, 3.05) is 6.54 Å². The van der Waals surface area contributed by atoms with Crippen LogP contribution >= 0.6 is 0 Å². The van der Waals surface area contributed by atoms with Gasteiger partial charge >= 0.3 is 0 Å². The van der Waals surface area contributed by atoms with E-state index in [1.807, 2.05) is 6.20 Å². The fraction of sp³-hybridized carbons (Fsp3) is 0.667. The topological polar surface area (TPSA) is 55.0 Å². The van der Waals surface area contributed by atoms with Crippen molar-refractivity contribution in [3.8, 4) is 0 Å². The molecule has 0 radical (unpaired) electrons. The van der Waals surface area contributed by atoms with E-state index in [-0.39, 0.29) is 0 Å². The van der Waals surface area contributed by atoms with E-state index in [4.69, 9.17) is 5.73 Å². The first kappa shape index (κ1) is 11.5. The number of likely N-dealkylation sites (tertiary alicyclic amines) is 1. The maximum Gasteiger partial charge on any atom is 0.0755 e. The van der Waals surface area contributed by atoms with Crippen molar-refractivity contribution in [2.24, 2.45) is 5.73 Å². The molecular formula is C12H20N4. The second kappa shape index (κ2) is 4.89. The molecule has 0 bridgehead atoms. The van der Waals surface area contributed by atoms with Gasteiger partial charge < -0.3 is 5.73 Å². The molecule has 0 spiro atoms. The summed E-state index contributed by atoms with van der Waals surface area (Å²) in [5, 5.41) is 0. The summed E-state index contributed by atoms with van der Waals surface area (Å²) in [5.74, 6) is 0. The SMILES string of the molecule is CC1CC(N)CCN1C(C)c1cnccn1. The maximum atomic E-state index is 5.97. The molecule has 16 heavy (non-hydrogen) atoms. The monoisotopic (exact) mass is 220 g/mol. The molecule has 1 fully saturated rings. The fourth-order valence-corrected chi connectivity index (χ4v) is 2.50. The molecule has 3 atom stereocenters. The maximum absolute atomic E-state index is 5.97. The zero-order valence-corrected chi connectivity index (χ0v) is 10.0. The second-order valence-corrected chi connectivity index (χ2v) is 4.68. The summed E-state index contributed by atoms with van der Waals surface area (Å²) in [7, 11) is 0. The molecule has 0 amide bonds. The van der Waals surface area contributed by atoms with Crippen molar-refractivity contribution in [1.82, 2.24) is 14.9 Å². The highest BCUT2D eigenvalue weighted by molar-refractivity contribution is 5.02. The van der Waals surface area contributed by atoms with Crippen LogP contribution in [0.1, 0.15) is 38.4 Å². The molecule has 1 aliphatic rings. The van der Waals surface area contributed by atoms with Crippen LogP contribution in [0, 0.1) is 0 Å². The molecule has 4 heteroatoms. The van der Waals surface area contributed by atoms with Gasteiger partial charge in [0, 0.05) is 37.2 Å². The highest BCUT2D eigenvalue weighted by Crippen LogP contribution is 2.26. The first-order valence-corrected chi connectivity index (χ1v) is 5.95. The third-order valence-electron chi connectivity index (χ3n) is 3.48. The van der Waals surface area contributed by atoms with Crippen molar-refractivity contribution in [3.05, 3.63) is 24.3 Å². The summed E-state index contributed by atoms with van der Waals surface area (Å²) >= 11 is 0. The van der Waals surface area contributed by atoms with E-state index in [1.54, 1.807) is 12.4 Å². The second-order valence-electron chi connectivity index (χ2n) is 4.68. The average Bonchev–Trinajstić information content (AvgIpc) is 2.29. The lowest BCUT2D eigenvalue weighted by molar-refractivity contribution is 0.102. The van der Waals surface area contributed by atoms with Gasteiger partial charge in [-0.2, -0.15) is 0 Å². The summed E-state index contributed by atoms with van der Waals surface area (Å²) in [6.45, 7) is 5.49. The Morgan fingerprint density at radius 3 is 2.94 bits per heavy atom. The van der Waals surface area contributed by atoms with Crippen LogP contribution in [0.2, 0.25) is 0 Å². The molecule has 1 aliphatic heterocycles. The predicted octanol–water partition coefficient (Wildman–Crippen LogP) is 1.35. The van der Waals surface area contributed by atoms with E-state index < -0.39 is 0 Å². The molecule has 0 aromatic carbocycles. The van der Waals surface area contributed by atoms with Crippen molar-refractivity contribution >= 4 is 0 Å². The summed E-state index contributed by atoms with van der Waals surface area (Å²) in [6, 6.07) is 1.22. The van der Waals surface area contributed by atoms with Crippen molar-refractivity contribution in [3.63, 3.8) is 0 Å². The molecule has 0 saturated carbocycles. The minimum Gasteiger partial charge on any atom is -0.328 e. The van der Waals surface area contributed by atoms with Crippen molar-refractivity contribution < 1.29 is 0 Å². The Kier molecular flexibility index (Phi) is 3.51. The number of nitrogens with two attached hydrogens (primary N) is 1. The van der Waals surface area contributed by atoms with Crippen molar-refractivity contribution in [1.29, 1.82) is 0 Å². The number of hydrogen-bond acceptors (Lipinski definition) is 4. The molecular weight excluding hydrogens is 200 g/mol.